The van der Waals surface area contributed by atoms with Crippen LogP contribution in [0.1, 0.15) is 65.2 Å². The Kier molecular flexibility index (Phi) is 6.69. The Morgan fingerprint density at radius 3 is 2.61 bits per heavy atom. The summed E-state index contributed by atoms with van der Waals surface area (Å²) in [4.78, 5) is 22.6. The van der Waals surface area contributed by atoms with E-state index in [0.29, 0.717) is 18.6 Å². The largest absolute Gasteiger partial charge is 0.463 e. The Bertz CT molecular complexity index is 316. The minimum absolute atomic E-state index is 0.0159. The van der Waals surface area contributed by atoms with E-state index in [1.165, 1.54) is 0 Å². The minimum atomic E-state index is -0.0984. The van der Waals surface area contributed by atoms with E-state index in [0.717, 1.165) is 44.1 Å². The second-order valence-electron chi connectivity index (χ2n) is 5.14. The van der Waals surface area contributed by atoms with Gasteiger partial charge in [0.1, 0.15) is 0 Å². The topological polar surface area (TPSA) is 43.4 Å². The van der Waals surface area contributed by atoms with Gasteiger partial charge in [-0.15, -0.1) is 0 Å². The van der Waals surface area contributed by atoms with Crippen molar-refractivity contribution in [3.8, 4) is 0 Å². The van der Waals surface area contributed by atoms with Crippen LogP contribution in [0.15, 0.2) is 11.6 Å². The smallest absolute Gasteiger partial charge is 0.306 e. The predicted molar refractivity (Wildman–Crippen MR) is 71.3 cm³/mol. The molecule has 102 valence electrons. The van der Waals surface area contributed by atoms with Gasteiger partial charge in [-0.3, -0.25) is 9.59 Å². The Morgan fingerprint density at radius 2 is 2.00 bits per heavy atom. The van der Waals surface area contributed by atoms with Crippen LogP contribution in [0, 0.1) is 0 Å². The monoisotopic (exact) mass is 252 g/mol. The van der Waals surface area contributed by atoms with Gasteiger partial charge in [0.05, 0.1) is 6.10 Å². The SMILES string of the molecule is CC(C)OC(=O)CCCCCCC1=CCCC1=O. The number of hydrogen-bond donors (Lipinski definition) is 0. The van der Waals surface area contributed by atoms with Crippen molar-refractivity contribution in [1.29, 1.82) is 0 Å². The summed E-state index contributed by atoms with van der Waals surface area (Å²) in [6.45, 7) is 3.73. The third kappa shape index (κ3) is 5.99. The number of ether oxygens (including phenoxy) is 1. The van der Waals surface area contributed by atoms with Crippen molar-refractivity contribution in [2.24, 2.45) is 0 Å². The fourth-order valence-electron chi connectivity index (χ4n) is 2.15. The lowest BCUT2D eigenvalue weighted by molar-refractivity contribution is -0.147. The first-order valence-electron chi connectivity index (χ1n) is 7.01. The lowest BCUT2D eigenvalue weighted by Crippen LogP contribution is -2.10. The molecule has 0 spiro atoms. The van der Waals surface area contributed by atoms with Crippen molar-refractivity contribution in [2.75, 3.05) is 0 Å². The second-order valence-corrected chi connectivity index (χ2v) is 5.14. The standard InChI is InChI=1S/C15H24O3/c1-12(2)18-15(17)11-6-4-3-5-8-13-9-7-10-14(13)16/h9,12H,3-8,10-11H2,1-2H3. The molecular weight excluding hydrogens is 228 g/mol. The van der Waals surface area contributed by atoms with E-state index < -0.39 is 0 Å². The first-order valence-corrected chi connectivity index (χ1v) is 7.01. The maximum absolute atomic E-state index is 11.4. The molecule has 0 N–H and O–H groups in total. The van der Waals surface area contributed by atoms with Gasteiger partial charge < -0.3 is 4.74 Å². The summed E-state index contributed by atoms with van der Waals surface area (Å²) in [5, 5.41) is 0. The van der Waals surface area contributed by atoms with Crippen molar-refractivity contribution in [1.82, 2.24) is 0 Å². The predicted octanol–water partition coefficient (Wildman–Crippen LogP) is 3.57. The van der Waals surface area contributed by atoms with Gasteiger partial charge in [0, 0.05) is 12.8 Å². The summed E-state index contributed by atoms with van der Waals surface area (Å²) in [5.74, 6) is 0.231. The minimum Gasteiger partial charge on any atom is -0.463 e. The van der Waals surface area contributed by atoms with Crippen LogP contribution >= 0.6 is 0 Å². The van der Waals surface area contributed by atoms with Crippen LogP contribution in [0.5, 0.6) is 0 Å². The van der Waals surface area contributed by atoms with Crippen molar-refractivity contribution in [3.05, 3.63) is 11.6 Å². The number of ketones is 1. The molecular formula is C15H24O3. The van der Waals surface area contributed by atoms with Crippen molar-refractivity contribution in [3.63, 3.8) is 0 Å². The fraction of sp³-hybridized carbons (Fsp3) is 0.733. The van der Waals surface area contributed by atoms with Crippen LogP contribution in [-0.4, -0.2) is 17.9 Å². The molecule has 18 heavy (non-hydrogen) atoms. The molecule has 0 unspecified atom stereocenters. The third-order valence-corrected chi connectivity index (χ3v) is 3.06. The lowest BCUT2D eigenvalue weighted by atomic mass is 10.0. The van der Waals surface area contributed by atoms with Crippen LogP contribution in [0.4, 0.5) is 0 Å². The number of esters is 1. The van der Waals surface area contributed by atoms with Gasteiger partial charge in [-0.1, -0.05) is 18.9 Å². The van der Waals surface area contributed by atoms with E-state index in [2.05, 4.69) is 6.08 Å². The normalized spacial score (nSPS) is 15.1. The molecule has 0 bridgehead atoms. The number of Topliss-reactive ketones (excluding diaryl/α,β-unsaturated/α-hetero) is 1. The highest BCUT2D eigenvalue weighted by Crippen LogP contribution is 2.20. The van der Waals surface area contributed by atoms with E-state index in [1.807, 2.05) is 13.8 Å². The zero-order valence-corrected chi connectivity index (χ0v) is 11.5. The average molecular weight is 252 g/mol. The molecule has 3 nitrogen and oxygen atoms in total. The van der Waals surface area contributed by atoms with Crippen LogP contribution in [-0.2, 0) is 14.3 Å². The maximum Gasteiger partial charge on any atom is 0.306 e. The molecule has 0 aromatic carbocycles. The number of allylic oxidation sites excluding steroid dienone is 2. The third-order valence-electron chi connectivity index (χ3n) is 3.06. The molecule has 0 amide bonds. The number of unbranched alkanes of at least 4 members (excludes halogenated alkanes) is 3. The van der Waals surface area contributed by atoms with Crippen LogP contribution in [0.2, 0.25) is 0 Å². The average Bonchev–Trinajstić information content (AvgIpc) is 2.68. The molecule has 1 rings (SSSR count). The highest BCUT2D eigenvalue weighted by molar-refractivity contribution is 5.97. The second kappa shape index (κ2) is 8.06. The summed E-state index contributed by atoms with van der Waals surface area (Å²) in [7, 11) is 0. The molecule has 1 aliphatic rings. The molecule has 0 atom stereocenters. The summed E-state index contributed by atoms with van der Waals surface area (Å²) >= 11 is 0. The molecule has 0 aliphatic heterocycles. The van der Waals surface area contributed by atoms with Gasteiger partial charge in [0.2, 0.25) is 0 Å². The number of carbonyl (C=O) groups excluding carboxylic acids is 2. The molecule has 1 aliphatic carbocycles. The summed E-state index contributed by atoms with van der Waals surface area (Å²) in [6.07, 6.45) is 9.17. The van der Waals surface area contributed by atoms with Crippen molar-refractivity contribution in [2.45, 2.75) is 71.3 Å². The van der Waals surface area contributed by atoms with Gasteiger partial charge in [-0.25, -0.2) is 0 Å². The van der Waals surface area contributed by atoms with Crippen molar-refractivity contribution >= 4 is 11.8 Å². The van der Waals surface area contributed by atoms with E-state index in [9.17, 15) is 9.59 Å². The number of hydrogen-bond acceptors (Lipinski definition) is 3. The Hall–Kier alpha value is -1.12. The summed E-state index contributed by atoms with van der Waals surface area (Å²) in [6, 6.07) is 0. The van der Waals surface area contributed by atoms with Crippen LogP contribution in [0.3, 0.4) is 0 Å². The van der Waals surface area contributed by atoms with Gasteiger partial charge in [0.15, 0.2) is 5.78 Å². The van der Waals surface area contributed by atoms with Gasteiger partial charge in [0.25, 0.3) is 0 Å². The molecule has 3 heteroatoms. The molecule has 0 aromatic heterocycles. The Morgan fingerprint density at radius 1 is 1.28 bits per heavy atom. The molecule has 0 heterocycles. The molecule has 0 radical (unpaired) electrons. The molecule has 0 saturated carbocycles. The summed E-state index contributed by atoms with van der Waals surface area (Å²) in [5.41, 5.74) is 1.02. The Balaban J connectivity index is 1.96. The highest BCUT2D eigenvalue weighted by atomic mass is 16.5. The van der Waals surface area contributed by atoms with Gasteiger partial charge >= 0.3 is 5.97 Å². The summed E-state index contributed by atoms with van der Waals surface area (Å²) < 4.78 is 5.06. The van der Waals surface area contributed by atoms with E-state index in [1.54, 1.807) is 0 Å². The zero-order valence-electron chi connectivity index (χ0n) is 11.5. The van der Waals surface area contributed by atoms with Crippen LogP contribution in [0.25, 0.3) is 0 Å². The quantitative estimate of drug-likeness (QED) is 0.490. The van der Waals surface area contributed by atoms with E-state index in [4.69, 9.17) is 4.74 Å². The molecule has 0 fully saturated rings. The van der Waals surface area contributed by atoms with E-state index in [-0.39, 0.29) is 12.1 Å². The Labute approximate surface area is 110 Å². The number of carbonyl (C=O) groups is 2. The first kappa shape index (κ1) is 14.9. The van der Waals surface area contributed by atoms with Gasteiger partial charge in [-0.2, -0.15) is 0 Å². The van der Waals surface area contributed by atoms with Gasteiger partial charge in [-0.05, 0) is 45.1 Å². The number of rotatable bonds is 8. The zero-order chi connectivity index (χ0) is 13.4. The van der Waals surface area contributed by atoms with Crippen LogP contribution < -0.4 is 0 Å². The first-order chi connectivity index (χ1) is 8.59. The lowest BCUT2D eigenvalue weighted by Gasteiger charge is -2.07. The maximum atomic E-state index is 11.4. The molecule has 0 aromatic rings. The fourth-order valence-corrected chi connectivity index (χ4v) is 2.15. The van der Waals surface area contributed by atoms with Crippen molar-refractivity contribution < 1.29 is 14.3 Å². The van der Waals surface area contributed by atoms with E-state index >= 15 is 0 Å². The molecule has 0 saturated heterocycles. The highest BCUT2D eigenvalue weighted by Gasteiger charge is 2.13.